The lowest BCUT2D eigenvalue weighted by atomic mass is 9.95. The zero-order valence-electron chi connectivity index (χ0n) is 17.6. The Kier molecular flexibility index (Phi) is 7.82. The molecule has 0 aliphatic rings. The van der Waals surface area contributed by atoms with Gasteiger partial charge in [-0.15, -0.1) is 22.7 Å². The van der Waals surface area contributed by atoms with Crippen LogP contribution in [0, 0.1) is 0 Å². The molecule has 6 heteroatoms. The van der Waals surface area contributed by atoms with Crippen LogP contribution in [0.1, 0.15) is 72.5 Å². The zero-order valence-corrected chi connectivity index (χ0v) is 19.2. The average Bonchev–Trinajstić information content (AvgIpc) is 3.45. The summed E-state index contributed by atoms with van der Waals surface area (Å²) in [5.74, 6) is 0.279. The molecule has 3 aromatic rings. The van der Waals surface area contributed by atoms with E-state index in [2.05, 4.69) is 48.7 Å². The number of carbonyl (C=O) groups excluding carboxylic acids is 2. The van der Waals surface area contributed by atoms with Crippen LogP contribution in [0.2, 0.25) is 0 Å². The highest BCUT2D eigenvalue weighted by atomic mass is 32.1. The highest BCUT2D eigenvalue weighted by Gasteiger charge is 2.22. The average molecular weight is 441 g/mol. The van der Waals surface area contributed by atoms with E-state index in [4.69, 9.17) is 0 Å². The molecule has 0 saturated carbocycles. The Hall–Kier alpha value is -2.44. The van der Waals surface area contributed by atoms with E-state index in [1.165, 1.54) is 12.5 Å². The molecule has 158 valence electrons. The van der Waals surface area contributed by atoms with E-state index < -0.39 is 0 Å². The first kappa shape index (κ1) is 22.2. The summed E-state index contributed by atoms with van der Waals surface area (Å²) in [4.78, 5) is 26.7. The molecular weight excluding hydrogens is 412 g/mol. The lowest BCUT2D eigenvalue weighted by Gasteiger charge is -2.22. The third kappa shape index (κ3) is 5.80. The van der Waals surface area contributed by atoms with Crippen molar-refractivity contribution in [1.82, 2.24) is 10.6 Å². The lowest BCUT2D eigenvalue weighted by molar-refractivity contribution is -0.123. The summed E-state index contributed by atoms with van der Waals surface area (Å²) in [6.45, 7) is 5.89. The maximum atomic E-state index is 13.0. The van der Waals surface area contributed by atoms with Crippen LogP contribution < -0.4 is 10.6 Å². The molecule has 2 aromatic heterocycles. The summed E-state index contributed by atoms with van der Waals surface area (Å²) in [6.07, 6.45) is 1.30. The summed E-state index contributed by atoms with van der Waals surface area (Å²) in [5, 5.41) is 10.1. The van der Waals surface area contributed by atoms with Gasteiger partial charge in [-0.2, -0.15) is 0 Å². The van der Waals surface area contributed by atoms with Crippen molar-refractivity contribution in [2.24, 2.45) is 0 Å². The van der Waals surface area contributed by atoms with Crippen LogP contribution >= 0.6 is 22.7 Å². The van der Waals surface area contributed by atoms with Crippen LogP contribution in [0.5, 0.6) is 0 Å². The number of hydrogen-bond donors (Lipinski definition) is 2. The molecule has 3 atom stereocenters. The van der Waals surface area contributed by atoms with Crippen molar-refractivity contribution in [2.75, 3.05) is 0 Å². The summed E-state index contributed by atoms with van der Waals surface area (Å²) in [7, 11) is 0. The van der Waals surface area contributed by atoms with Crippen molar-refractivity contribution in [3.63, 3.8) is 0 Å². The van der Waals surface area contributed by atoms with Crippen LogP contribution in [-0.4, -0.2) is 11.8 Å². The number of rotatable bonds is 9. The Morgan fingerprint density at radius 1 is 0.900 bits per heavy atom. The lowest BCUT2D eigenvalue weighted by Crippen LogP contribution is -2.34. The number of nitrogens with one attached hydrogen (secondary N) is 2. The minimum atomic E-state index is -0.320. The van der Waals surface area contributed by atoms with Gasteiger partial charge in [0.1, 0.15) is 0 Å². The normalized spacial score (nSPS) is 14.0. The minimum Gasteiger partial charge on any atom is -0.348 e. The molecule has 2 amide bonds. The topological polar surface area (TPSA) is 58.2 Å². The van der Waals surface area contributed by atoms with Gasteiger partial charge < -0.3 is 10.6 Å². The van der Waals surface area contributed by atoms with Crippen molar-refractivity contribution < 1.29 is 9.59 Å². The quantitative estimate of drug-likeness (QED) is 0.442. The van der Waals surface area contributed by atoms with E-state index in [0.29, 0.717) is 5.92 Å². The fourth-order valence-corrected chi connectivity index (χ4v) is 4.97. The van der Waals surface area contributed by atoms with Gasteiger partial charge in [-0.1, -0.05) is 50.2 Å². The molecule has 2 heterocycles. The number of amides is 2. The molecule has 0 spiro atoms. The van der Waals surface area contributed by atoms with Crippen molar-refractivity contribution in [1.29, 1.82) is 0 Å². The molecule has 0 aliphatic heterocycles. The van der Waals surface area contributed by atoms with Gasteiger partial charge in [0.25, 0.3) is 0 Å². The Morgan fingerprint density at radius 3 is 2.03 bits per heavy atom. The van der Waals surface area contributed by atoms with Gasteiger partial charge in [-0.25, -0.2) is 0 Å². The van der Waals surface area contributed by atoms with Gasteiger partial charge in [0.2, 0.25) is 11.8 Å². The molecule has 0 radical (unpaired) electrons. The fourth-order valence-electron chi connectivity index (χ4n) is 3.39. The third-order valence-corrected chi connectivity index (χ3v) is 7.16. The monoisotopic (exact) mass is 440 g/mol. The van der Waals surface area contributed by atoms with Crippen LogP contribution in [0.3, 0.4) is 0 Å². The maximum absolute atomic E-state index is 13.0. The van der Waals surface area contributed by atoms with Crippen LogP contribution in [-0.2, 0) is 9.59 Å². The van der Waals surface area contributed by atoms with E-state index in [0.717, 1.165) is 21.7 Å². The Balaban J connectivity index is 1.78. The van der Waals surface area contributed by atoms with E-state index in [-0.39, 0.29) is 30.3 Å². The molecule has 0 fully saturated rings. The van der Waals surface area contributed by atoms with Crippen LogP contribution in [0.25, 0.3) is 0 Å². The van der Waals surface area contributed by atoms with E-state index in [1.54, 1.807) is 22.7 Å². The van der Waals surface area contributed by atoms with E-state index in [1.807, 2.05) is 35.0 Å². The largest absolute Gasteiger partial charge is 0.348 e. The van der Waals surface area contributed by atoms with Gasteiger partial charge in [0.05, 0.1) is 18.5 Å². The Labute approximate surface area is 186 Å². The first-order valence-electron chi connectivity index (χ1n) is 10.2. The molecule has 0 aliphatic carbocycles. The molecule has 3 rings (SSSR count). The standard InChI is InChI=1S/C24H28N2O2S2/c1-4-16(2)18-9-11-19(12-10-18)24(22-8-6-14-30-22)26-23(28)15-20(25-17(3)27)21-7-5-13-29-21/h5-14,16,20,24H,4,15H2,1-3H3,(H,25,27)(H,26,28). The van der Waals surface area contributed by atoms with Gasteiger partial charge >= 0.3 is 0 Å². The first-order valence-corrected chi connectivity index (χ1v) is 12.0. The predicted octanol–water partition coefficient (Wildman–Crippen LogP) is 5.80. The molecule has 0 saturated heterocycles. The summed E-state index contributed by atoms with van der Waals surface area (Å²) in [5.41, 5.74) is 2.37. The SMILES string of the molecule is CCC(C)c1ccc(C(NC(=O)CC(NC(C)=O)c2cccs2)c2cccs2)cc1. The molecule has 3 unspecified atom stereocenters. The predicted molar refractivity (Wildman–Crippen MR) is 125 cm³/mol. The molecule has 1 aromatic carbocycles. The van der Waals surface area contributed by atoms with Gasteiger partial charge in [-0.3, -0.25) is 9.59 Å². The van der Waals surface area contributed by atoms with Gasteiger partial charge in [-0.05, 0) is 46.4 Å². The van der Waals surface area contributed by atoms with Crippen molar-refractivity contribution in [3.8, 4) is 0 Å². The smallest absolute Gasteiger partial charge is 0.223 e. The Morgan fingerprint density at radius 2 is 1.50 bits per heavy atom. The number of benzene rings is 1. The van der Waals surface area contributed by atoms with Crippen molar-refractivity contribution in [3.05, 3.63) is 80.2 Å². The van der Waals surface area contributed by atoms with Crippen LogP contribution in [0.15, 0.2) is 59.3 Å². The molecule has 4 nitrogen and oxygen atoms in total. The summed E-state index contributed by atoms with van der Waals surface area (Å²) in [6, 6.07) is 15.9. The zero-order chi connectivity index (χ0) is 21.5. The van der Waals surface area contributed by atoms with Crippen LogP contribution in [0.4, 0.5) is 0 Å². The second kappa shape index (κ2) is 10.5. The molecule has 30 heavy (non-hydrogen) atoms. The van der Waals surface area contributed by atoms with Crippen molar-refractivity contribution >= 4 is 34.5 Å². The fraction of sp³-hybridized carbons (Fsp3) is 0.333. The van der Waals surface area contributed by atoms with Crippen molar-refractivity contribution in [2.45, 2.75) is 51.6 Å². The number of thiophene rings is 2. The third-order valence-electron chi connectivity index (χ3n) is 5.24. The highest BCUT2D eigenvalue weighted by Crippen LogP contribution is 2.29. The summed E-state index contributed by atoms with van der Waals surface area (Å²) < 4.78 is 0. The number of carbonyl (C=O) groups is 2. The van der Waals surface area contributed by atoms with E-state index >= 15 is 0 Å². The number of hydrogen-bond acceptors (Lipinski definition) is 4. The first-order chi connectivity index (χ1) is 14.5. The molecule has 0 bridgehead atoms. The Bertz CT molecular complexity index is 934. The highest BCUT2D eigenvalue weighted by molar-refractivity contribution is 7.10. The van der Waals surface area contributed by atoms with Gasteiger partial charge in [0.15, 0.2) is 0 Å². The molecule has 2 N–H and O–H groups in total. The molecular formula is C24H28N2O2S2. The second-order valence-corrected chi connectivity index (χ2v) is 9.42. The summed E-state index contributed by atoms with van der Waals surface area (Å²) >= 11 is 3.17. The van der Waals surface area contributed by atoms with E-state index in [9.17, 15) is 9.59 Å². The maximum Gasteiger partial charge on any atom is 0.223 e. The van der Waals surface area contributed by atoms with Gasteiger partial charge in [0, 0.05) is 16.7 Å². The second-order valence-electron chi connectivity index (χ2n) is 7.46. The minimum absolute atomic E-state index is 0.0912.